The van der Waals surface area contributed by atoms with Crippen molar-refractivity contribution in [1.29, 1.82) is 0 Å². The number of hydrogen-bond donors (Lipinski definition) is 0. The average molecular weight is 222 g/mol. The molecule has 0 bridgehead atoms. The molecule has 2 saturated heterocycles. The van der Waals surface area contributed by atoms with Crippen molar-refractivity contribution in [3.63, 3.8) is 0 Å². The van der Waals surface area contributed by atoms with E-state index in [1.807, 2.05) is 12.1 Å². The third kappa shape index (κ3) is 1.39. The van der Waals surface area contributed by atoms with Gasteiger partial charge in [-0.05, 0) is 24.0 Å². The maximum absolute atomic E-state index is 13.9. The fourth-order valence-corrected chi connectivity index (χ4v) is 2.90. The Kier molecular flexibility index (Phi) is 2.45. The van der Waals surface area contributed by atoms with Gasteiger partial charge in [0.15, 0.2) is 0 Å². The van der Waals surface area contributed by atoms with Crippen LogP contribution in [-0.2, 0) is 14.9 Å². The molecule has 3 heteroatoms. The van der Waals surface area contributed by atoms with Crippen LogP contribution in [0.15, 0.2) is 24.3 Å². The second-order valence-corrected chi connectivity index (χ2v) is 4.69. The first-order chi connectivity index (χ1) is 7.83. The lowest BCUT2D eigenvalue weighted by atomic mass is 9.70. The average Bonchev–Trinajstić information content (AvgIpc) is 2.74. The van der Waals surface area contributed by atoms with Crippen LogP contribution in [0, 0.1) is 11.7 Å². The SMILES string of the molecule is Fc1ccccc1[C@]12COCC[C@H]1COC2. The Morgan fingerprint density at radius 3 is 2.88 bits per heavy atom. The fraction of sp³-hybridized carbons (Fsp3) is 0.538. The second-order valence-electron chi connectivity index (χ2n) is 4.69. The van der Waals surface area contributed by atoms with Gasteiger partial charge in [-0.2, -0.15) is 0 Å². The summed E-state index contributed by atoms with van der Waals surface area (Å²) in [6.07, 6.45) is 0.967. The van der Waals surface area contributed by atoms with Gasteiger partial charge in [0.1, 0.15) is 5.82 Å². The molecule has 0 aromatic heterocycles. The molecule has 0 radical (unpaired) electrons. The van der Waals surface area contributed by atoms with E-state index in [1.165, 1.54) is 6.07 Å². The van der Waals surface area contributed by atoms with E-state index in [9.17, 15) is 4.39 Å². The van der Waals surface area contributed by atoms with Crippen LogP contribution in [0.5, 0.6) is 0 Å². The summed E-state index contributed by atoms with van der Waals surface area (Å²) in [4.78, 5) is 0. The van der Waals surface area contributed by atoms with E-state index in [1.54, 1.807) is 6.07 Å². The summed E-state index contributed by atoms with van der Waals surface area (Å²) in [6.45, 7) is 2.67. The lowest BCUT2D eigenvalue weighted by molar-refractivity contribution is 0.0126. The molecular formula is C13H15FO2. The Balaban J connectivity index is 2.05. The Bertz CT molecular complexity index is 393. The molecule has 2 atom stereocenters. The molecule has 0 saturated carbocycles. The van der Waals surface area contributed by atoms with Crippen LogP contribution in [-0.4, -0.2) is 26.4 Å². The standard InChI is InChI=1S/C13H15FO2/c14-12-4-2-1-3-11(12)13-8-15-6-5-10(13)7-16-9-13/h1-4,10H,5-9H2/t10-,13-/m0/s1. The lowest BCUT2D eigenvalue weighted by Gasteiger charge is -2.38. The molecule has 2 fully saturated rings. The molecule has 0 N–H and O–H groups in total. The van der Waals surface area contributed by atoms with Gasteiger partial charge in [0, 0.05) is 6.61 Å². The Morgan fingerprint density at radius 2 is 2.00 bits per heavy atom. The van der Waals surface area contributed by atoms with Crippen LogP contribution in [0.3, 0.4) is 0 Å². The summed E-state index contributed by atoms with van der Waals surface area (Å²) < 4.78 is 25.0. The van der Waals surface area contributed by atoms with E-state index in [2.05, 4.69) is 0 Å². The molecule has 2 aliphatic heterocycles. The predicted molar refractivity (Wildman–Crippen MR) is 57.8 cm³/mol. The van der Waals surface area contributed by atoms with Crippen molar-refractivity contribution in [3.8, 4) is 0 Å². The van der Waals surface area contributed by atoms with Crippen molar-refractivity contribution in [1.82, 2.24) is 0 Å². The van der Waals surface area contributed by atoms with Gasteiger partial charge >= 0.3 is 0 Å². The van der Waals surface area contributed by atoms with E-state index >= 15 is 0 Å². The summed E-state index contributed by atoms with van der Waals surface area (Å²) in [5, 5.41) is 0. The molecule has 0 aliphatic carbocycles. The number of fused-ring (bicyclic) bond motifs is 1. The van der Waals surface area contributed by atoms with Crippen molar-refractivity contribution >= 4 is 0 Å². The van der Waals surface area contributed by atoms with Gasteiger partial charge in [0.05, 0.1) is 25.2 Å². The van der Waals surface area contributed by atoms with Crippen LogP contribution < -0.4 is 0 Å². The van der Waals surface area contributed by atoms with E-state index in [0.717, 1.165) is 25.2 Å². The molecule has 86 valence electrons. The zero-order valence-electron chi connectivity index (χ0n) is 9.12. The summed E-state index contributed by atoms with van der Waals surface area (Å²) in [5.41, 5.74) is 0.515. The molecule has 1 aromatic carbocycles. The Labute approximate surface area is 94.4 Å². The normalized spacial score (nSPS) is 33.7. The zero-order chi connectivity index (χ0) is 11.0. The van der Waals surface area contributed by atoms with Crippen LogP contribution in [0.25, 0.3) is 0 Å². The van der Waals surface area contributed by atoms with Crippen molar-refractivity contribution in [2.45, 2.75) is 11.8 Å². The van der Waals surface area contributed by atoms with Crippen molar-refractivity contribution in [2.75, 3.05) is 26.4 Å². The van der Waals surface area contributed by atoms with Crippen LogP contribution in [0.1, 0.15) is 12.0 Å². The zero-order valence-corrected chi connectivity index (χ0v) is 9.12. The van der Waals surface area contributed by atoms with Gasteiger partial charge in [-0.1, -0.05) is 18.2 Å². The number of benzene rings is 1. The van der Waals surface area contributed by atoms with Gasteiger partial charge in [0.25, 0.3) is 0 Å². The topological polar surface area (TPSA) is 18.5 Å². The molecular weight excluding hydrogens is 207 g/mol. The highest BCUT2D eigenvalue weighted by Gasteiger charge is 2.48. The molecule has 3 rings (SSSR count). The fourth-order valence-electron chi connectivity index (χ4n) is 2.90. The van der Waals surface area contributed by atoms with Crippen molar-refractivity contribution in [2.24, 2.45) is 5.92 Å². The van der Waals surface area contributed by atoms with Crippen LogP contribution in [0.2, 0.25) is 0 Å². The lowest BCUT2D eigenvalue weighted by Crippen LogP contribution is -2.44. The van der Waals surface area contributed by atoms with Crippen LogP contribution in [0.4, 0.5) is 4.39 Å². The first-order valence-corrected chi connectivity index (χ1v) is 5.73. The minimum absolute atomic E-state index is 0.136. The largest absolute Gasteiger partial charge is 0.380 e. The molecule has 2 aliphatic rings. The highest BCUT2D eigenvalue weighted by atomic mass is 19.1. The molecule has 0 unspecified atom stereocenters. The van der Waals surface area contributed by atoms with E-state index < -0.39 is 0 Å². The maximum Gasteiger partial charge on any atom is 0.127 e. The smallest absolute Gasteiger partial charge is 0.127 e. The molecule has 1 aromatic rings. The molecule has 2 heterocycles. The van der Waals surface area contributed by atoms with E-state index in [4.69, 9.17) is 9.47 Å². The Morgan fingerprint density at radius 1 is 1.19 bits per heavy atom. The minimum atomic E-state index is -0.246. The van der Waals surface area contributed by atoms with E-state index in [0.29, 0.717) is 19.1 Å². The quantitative estimate of drug-likeness (QED) is 0.724. The number of hydrogen-bond acceptors (Lipinski definition) is 2. The number of halogens is 1. The highest BCUT2D eigenvalue weighted by molar-refractivity contribution is 5.30. The third-order valence-electron chi connectivity index (χ3n) is 3.84. The molecule has 0 amide bonds. The first-order valence-electron chi connectivity index (χ1n) is 5.73. The third-order valence-corrected chi connectivity index (χ3v) is 3.84. The van der Waals surface area contributed by atoms with Gasteiger partial charge in [-0.15, -0.1) is 0 Å². The molecule has 2 nitrogen and oxygen atoms in total. The summed E-state index contributed by atoms with van der Waals surface area (Å²) in [5.74, 6) is 0.265. The van der Waals surface area contributed by atoms with E-state index in [-0.39, 0.29) is 11.2 Å². The second kappa shape index (κ2) is 3.82. The summed E-state index contributed by atoms with van der Waals surface area (Å²) >= 11 is 0. The minimum Gasteiger partial charge on any atom is -0.380 e. The van der Waals surface area contributed by atoms with Crippen LogP contribution >= 0.6 is 0 Å². The number of rotatable bonds is 1. The van der Waals surface area contributed by atoms with Crippen molar-refractivity contribution in [3.05, 3.63) is 35.6 Å². The Hall–Kier alpha value is -0.930. The maximum atomic E-state index is 13.9. The predicted octanol–water partition coefficient (Wildman–Crippen LogP) is 2.13. The first kappa shape index (κ1) is 10.2. The van der Waals surface area contributed by atoms with Gasteiger partial charge < -0.3 is 9.47 Å². The van der Waals surface area contributed by atoms with Gasteiger partial charge in [-0.25, -0.2) is 4.39 Å². The summed E-state index contributed by atoms with van der Waals surface area (Å²) in [7, 11) is 0. The molecule has 16 heavy (non-hydrogen) atoms. The van der Waals surface area contributed by atoms with Gasteiger partial charge in [0.2, 0.25) is 0 Å². The summed E-state index contributed by atoms with van der Waals surface area (Å²) in [6, 6.07) is 7.00. The van der Waals surface area contributed by atoms with Gasteiger partial charge in [-0.3, -0.25) is 0 Å². The number of ether oxygens (including phenoxy) is 2. The monoisotopic (exact) mass is 222 g/mol. The highest BCUT2D eigenvalue weighted by Crippen LogP contribution is 2.43. The van der Waals surface area contributed by atoms with Crippen molar-refractivity contribution < 1.29 is 13.9 Å². The molecule has 0 spiro atoms.